The number of rotatable bonds is 2. The topological polar surface area (TPSA) is 40.5 Å². The molecule has 1 aromatic rings. The van der Waals surface area contributed by atoms with Crippen molar-refractivity contribution in [3.63, 3.8) is 0 Å². The van der Waals surface area contributed by atoms with Crippen molar-refractivity contribution >= 4 is 34.9 Å². The molecule has 2 rings (SSSR count). The normalized spacial score (nSPS) is 19.0. The van der Waals surface area contributed by atoms with Crippen LogP contribution in [0.25, 0.3) is 0 Å². The Hall–Kier alpha value is -0.930. The van der Waals surface area contributed by atoms with Crippen LogP contribution in [0.4, 0.5) is 5.69 Å². The highest BCUT2D eigenvalue weighted by molar-refractivity contribution is 6.36. The van der Waals surface area contributed by atoms with Gasteiger partial charge in [-0.15, -0.1) is 0 Å². The van der Waals surface area contributed by atoms with Gasteiger partial charge >= 0.3 is 5.97 Å². The monoisotopic (exact) mass is 273 g/mol. The van der Waals surface area contributed by atoms with Gasteiger partial charge < -0.3 is 10.0 Å². The number of nitrogens with zero attached hydrogens (tertiary/aromatic N) is 1. The fraction of sp³-hybridized carbons (Fsp3) is 0.417. The van der Waals surface area contributed by atoms with Crippen LogP contribution in [0.2, 0.25) is 10.0 Å². The first-order chi connectivity index (χ1) is 7.97. The number of hydrogen-bond donors (Lipinski definition) is 1. The molecule has 0 spiro atoms. The first-order valence-electron chi connectivity index (χ1n) is 5.38. The molecule has 1 aliphatic rings. The molecule has 1 heterocycles. The molecule has 0 fully saturated rings. The zero-order valence-corrected chi connectivity index (χ0v) is 10.9. The lowest BCUT2D eigenvalue weighted by Gasteiger charge is -2.33. The highest BCUT2D eigenvalue weighted by Gasteiger charge is 2.26. The fourth-order valence-electron chi connectivity index (χ4n) is 2.44. The Morgan fingerprint density at radius 3 is 2.88 bits per heavy atom. The number of carboxylic acids is 1. The van der Waals surface area contributed by atoms with Gasteiger partial charge in [0.2, 0.25) is 0 Å². The molecule has 17 heavy (non-hydrogen) atoms. The van der Waals surface area contributed by atoms with Crippen molar-refractivity contribution in [1.29, 1.82) is 0 Å². The summed E-state index contributed by atoms with van der Waals surface area (Å²) in [7, 11) is 1.92. The quantitative estimate of drug-likeness (QED) is 0.901. The van der Waals surface area contributed by atoms with Gasteiger partial charge in [0, 0.05) is 18.6 Å². The second-order valence-corrected chi connectivity index (χ2v) is 5.29. The molecule has 0 saturated heterocycles. The molecular weight excluding hydrogens is 261 g/mol. The third kappa shape index (κ3) is 2.67. The van der Waals surface area contributed by atoms with Crippen molar-refractivity contribution in [2.24, 2.45) is 5.92 Å². The molecule has 0 bridgehead atoms. The molecule has 1 atom stereocenters. The Morgan fingerprint density at radius 1 is 1.53 bits per heavy atom. The van der Waals surface area contributed by atoms with Gasteiger partial charge in [0.05, 0.1) is 17.1 Å². The van der Waals surface area contributed by atoms with Crippen LogP contribution in [-0.2, 0) is 11.2 Å². The van der Waals surface area contributed by atoms with E-state index in [-0.39, 0.29) is 12.3 Å². The van der Waals surface area contributed by atoms with Gasteiger partial charge in [0.15, 0.2) is 0 Å². The van der Waals surface area contributed by atoms with E-state index < -0.39 is 5.97 Å². The third-order valence-corrected chi connectivity index (χ3v) is 3.50. The van der Waals surface area contributed by atoms with Crippen LogP contribution in [0.1, 0.15) is 12.0 Å². The number of aliphatic carboxylic acids is 1. The Balaban J connectivity index is 2.32. The van der Waals surface area contributed by atoms with Gasteiger partial charge in [0.25, 0.3) is 0 Å². The van der Waals surface area contributed by atoms with E-state index in [0.29, 0.717) is 23.0 Å². The van der Waals surface area contributed by atoms with E-state index in [0.717, 1.165) is 11.3 Å². The van der Waals surface area contributed by atoms with E-state index in [4.69, 9.17) is 28.3 Å². The molecule has 1 aromatic carbocycles. The SMILES string of the molecule is CN1CC(CC(=O)O)Cc2cc(Cl)cc(Cl)c21. The molecule has 1 N–H and O–H groups in total. The third-order valence-electron chi connectivity index (χ3n) is 2.99. The lowest BCUT2D eigenvalue weighted by atomic mass is 9.90. The maximum atomic E-state index is 10.7. The average molecular weight is 274 g/mol. The van der Waals surface area contributed by atoms with Gasteiger partial charge in [-0.1, -0.05) is 23.2 Å². The van der Waals surface area contributed by atoms with E-state index in [1.54, 1.807) is 6.07 Å². The van der Waals surface area contributed by atoms with Crippen LogP contribution >= 0.6 is 23.2 Å². The smallest absolute Gasteiger partial charge is 0.303 e. The van der Waals surface area contributed by atoms with Gasteiger partial charge in [-0.2, -0.15) is 0 Å². The molecule has 1 aliphatic heterocycles. The van der Waals surface area contributed by atoms with Crippen molar-refractivity contribution in [1.82, 2.24) is 0 Å². The predicted molar refractivity (Wildman–Crippen MR) is 69.2 cm³/mol. The average Bonchev–Trinajstić information content (AvgIpc) is 2.13. The Bertz CT molecular complexity index is 462. The van der Waals surface area contributed by atoms with E-state index >= 15 is 0 Å². The van der Waals surface area contributed by atoms with Crippen molar-refractivity contribution in [3.8, 4) is 0 Å². The van der Waals surface area contributed by atoms with Gasteiger partial charge in [-0.05, 0) is 30.0 Å². The first-order valence-corrected chi connectivity index (χ1v) is 6.14. The minimum absolute atomic E-state index is 0.111. The summed E-state index contributed by atoms with van der Waals surface area (Å²) in [5.74, 6) is -0.653. The molecule has 3 nitrogen and oxygen atoms in total. The summed E-state index contributed by atoms with van der Waals surface area (Å²) in [5, 5.41) is 10.1. The minimum atomic E-state index is -0.764. The second kappa shape index (κ2) is 4.75. The summed E-state index contributed by atoms with van der Waals surface area (Å²) >= 11 is 12.1. The Morgan fingerprint density at radius 2 is 2.24 bits per heavy atom. The lowest BCUT2D eigenvalue weighted by molar-refractivity contribution is -0.138. The number of carboxylic acid groups (broad SMARTS) is 1. The number of fused-ring (bicyclic) bond motifs is 1. The summed E-state index contributed by atoms with van der Waals surface area (Å²) in [4.78, 5) is 12.8. The minimum Gasteiger partial charge on any atom is -0.481 e. The van der Waals surface area contributed by atoms with Gasteiger partial charge in [-0.25, -0.2) is 0 Å². The van der Waals surface area contributed by atoms with Crippen molar-refractivity contribution in [2.75, 3.05) is 18.5 Å². The molecule has 1 unspecified atom stereocenters. The molecule has 0 aromatic heterocycles. The van der Waals surface area contributed by atoms with Crippen LogP contribution < -0.4 is 4.90 Å². The fourth-order valence-corrected chi connectivity index (χ4v) is 3.12. The van der Waals surface area contributed by atoms with Crippen LogP contribution in [0.5, 0.6) is 0 Å². The molecule has 0 saturated carbocycles. The van der Waals surface area contributed by atoms with Gasteiger partial charge in [-0.3, -0.25) is 4.79 Å². The van der Waals surface area contributed by atoms with Gasteiger partial charge in [0.1, 0.15) is 0 Å². The zero-order valence-electron chi connectivity index (χ0n) is 9.41. The van der Waals surface area contributed by atoms with Crippen LogP contribution in [0.15, 0.2) is 12.1 Å². The maximum absolute atomic E-state index is 10.7. The summed E-state index contributed by atoms with van der Waals surface area (Å²) < 4.78 is 0. The summed E-state index contributed by atoms with van der Waals surface area (Å²) in [6.07, 6.45) is 0.889. The first kappa shape index (κ1) is 12.5. The maximum Gasteiger partial charge on any atom is 0.303 e. The van der Waals surface area contributed by atoms with Crippen molar-refractivity contribution in [2.45, 2.75) is 12.8 Å². The Labute approximate surface area is 110 Å². The number of benzene rings is 1. The summed E-state index contributed by atoms with van der Waals surface area (Å²) in [6.45, 7) is 0.709. The molecule has 0 radical (unpaired) electrons. The highest BCUT2D eigenvalue weighted by atomic mass is 35.5. The molecule has 5 heteroatoms. The van der Waals surface area contributed by atoms with Crippen molar-refractivity contribution in [3.05, 3.63) is 27.7 Å². The Kier molecular flexibility index (Phi) is 3.50. The van der Waals surface area contributed by atoms with Crippen LogP contribution in [0, 0.1) is 5.92 Å². The molecule has 0 aliphatic carbocycles. The van der Waals surface area contributed by atoms with E-state index in [1.807, 2.05) is 18.0 Å². The summed E-state index contributed by atoms with van der Waals surface area (Å²) in [6, 6.07) is 3.59. The highest BCUT2D eigenvalue weighted by Crippen LogP contribution is 2.38. The number of anilines is 1. The van der Waals surface area contributed by atoms with Crippen LogP contribution in [-0.4, -0.2) is 24.7 Å². The zero-order chi connectivity index (χ0) is 12.6. The predicted octanol–water partition coefficient (Wildman–Crippen LogP) is 3.08. The van der Waals surface area contributed by atoms with Crippen molar-refractivity contribution < 1.29 is 9.90 Å². The number of hydrogen-bond acceptors (Lipinski definition) is 2. The molecule has 92 valence electrons. The largest absolute Gasteiger partial charge is 0.481 e. The molecular formula is C12H13Cl2NO2. The van der Waals surface area contributed by atoms with E-state index in [1.165, 1.54) is 0 Å². The number of halogens is 2. The standard InChI is InChI=1S/C12H13Cl2NO2/c1-15-6-7(3-11(16)17)2-8-4-9(13)5-10(14)12(8)15/h4-5,7H,2-3,6H2,1H3,(H,16,17). The number of carbonyl (C=O) groups is 1. The van der Waals surface area contributed by atoms with Crippen LogP contribution in [0.3, 0.4) is 0 Å². The molecule has 0 amide bonds. The summed E-state index contributed by atoms with van der Waals surface area (Å²) in [5.41, 5.74) is 2.00. The van der Waals surface area contributed by atoms with E-state index in [2.05, 4.69) is 0 Å². The van der Waals surface area contributed by atoms with E-state index in [9.17, 15) is 4.79 Å². The lowest BCUT2D eigenvalue weighted by Crippen LogP contribution is -2.33. The second-order valence-electron chi connectivity index (χ2n) is 4.44.